The number of nitrogens with zero attached hydrogens (tertiary/aromatic N) is 1. The molecule has 21 heavy (non-hydrogen) atoms. The van der Waals surface area contributed by atoms with Crippen LogP contribution < -0.4 is 10.2 Å². The van der Waals surface area contributed by atoms with Gasteiger partial charge < -0.3 is 4.90 Å². The highest BCUT2D eigenvalue weighted by molar-refractivity contribution is 6.01. The van der Waals surface area contributed by atoms with Gasteiger partial charge in [0.2, 0.25) is 11.8 Å². The lowest BCUT2D eigenvalue weighted by atomic mass is 9.89. The maximum Gasteiger partial charge on any atom is 0.234 e. The van der Waals surface area contributed by atoms with Gasteiger partial charge in [0.05, 0.1) is 5.92 Å². The predicted molar refractivity (Wildman–Crippen MR) is 72.9 cm³/mol. The first-order valence-electron chi connectivity index (χ1n) is 7.06. The summed E-state index contributed by atoms with van der Waals surface area (Å²) in [6, 6.07) is 2.82. The van der Waals surface area contributed by atoms with E-state index >= 15 is 0 Å². The number of hydrogen-bond acceptors (Lipinski definition) is 3. The van der Waals surface area contributed by atoms with Crippen molar-refractivity contribution in [3.05, 3.63) is 29.3 Å². The molecular weight excluding hydrogens is 278 g/mol. The molecule has 0 saturated carbocycles. The topological polar surface area (TPSA) is 49.4 Å². The van der Waals surface area contributed by atoms with Crippen molar-refractivity contribution in [1.29, 1.82) is 0 Å². The molecule has 1 aromatic rings. The molecule has 2 fully saturated rings. The highest BCUT2D eigenvalue weighted by atomic mass is 19.1. The first-order chi connectivity index (χ1) is 9.97. The second-order valence-electron chi connectivity index (χ2n) is 5.66. The Labute approximate surface area is 121 Å². The van der Waals surface area contributed by atoms with E-state index in [1.54, 1.807) is 0 Å². The smallest absolute Gasteiger partial charge is 0.234 e. The van der Waals surface area contributed by atoms with Crippen molar-refractivity contribution in [3.8, 4) is 0 Å². The Hall–Kier alpha value is -1.98. The number of piperidine rings is 1. The van der Waals surface area contributed by atoms with E-state index in [1.807, 2.05) is 11.8 Å². The van der Waals surface area contributed by atoms with Crippen LogP contribution in [0.3, 0.4) is 0 Å². The van der Waals surface area contributed by atoms with Crippen molar-refractivity contribution >= 4 is 17.5 Å². The van der Waals surface area contributed by atoms with Crippen LogP contribution in [0.1, 0.15) is 37.7 Å². The monoisotopic (exact) mass is 294 g/mol. The van der Waals surface area contributed by atoms with Gasteiger partial charge in [-0.05, 0) is 31.9 Å². The average Bonchev–Trinajstić information content (AvgIpc) is 2.38. The van der Waals surface area contributed by atoms with E-state index in [0.717, 1.165) is 13.0 Å². The fourth-order valence-electron chi connectivity index (χ4n) is 2.94. The normalized spacial score (nSPS) is 25.6. The Balaban J connectivity index is 1.92. The molecule has 0 radical (unpaired) electrons. The molecule has 2 aliphatic heterocycles. The summed E-state index contributed by atoms with van der Waals surface area (Å²) in [4.78, 5) is 24.8. The summed E-state index contributed by atoms with van der Waals surface area (Å²) in [5.74, 6) is -3.42. The van der Waals surface area contributed by atoms with Crippen LogP contribution in [0, 0.1) is 11.6 Å². The van der Waals surface area contributed by atoms with Crippen LogP contribution in [0.15, 0.2) is 12.1 Å². The third-order valence-corrected chi connectivity index (χ3v) is 4.30. The molecule has 2 amide bonds. The van der Waals surface area contributed by atoms with E-state index in [9.17, 15) is 18.4 Å². The molecule has 1 N–H and O–H groups in total. The van der Waals surface area contributed by atoms with Gasteiger partial charge >= 0.3 is 0 Å². The molecule has 2 aliphatic rings. The minimum Gasteiger partial charge on any atom is -0.369 e. The molecule has 2 atom stereocenters. The summed E-state index contributed by atoms with van der Waals surface area (Å²) < 4.78 is 28.6. The number of carbonyl (C=O) groups is 2. The maximum atomic E-state index is 14.3. The molecule has 0 aliphatic carbocycles. The van der Waals surface area contributed by atoms with Gasteiger partial charge in [-0.15, -0.1) is 0 Å². The molecule has 1 unspecified atom stereocenters. The molecule has 3 rings (SSSR count). The van der Waals surface area contributed by atoms with Gasteiger partial charge in [0, 0.05) is 30.3 Å². The fraction of sp³-hybridized carbons (Fsp3) is 0.467. The first kappa shape index (κ1) is 14.0. The van der Waals surface area contributed by atoms with Gasteiger partial charge in [0.1, 0.15) is 11.6 Å². The molecule has 0 bridgehead atoms. The van der Waals surface area contributed by atoms with Crippen LogP contribution in [-0.2, 0) is 9.59 Å². The lowest BCUT2D eigenvalue weighted by Gasteiger charge is -2.41. The number of anilines is 1. The van der Waals surface area contributed by atoms with Gasteiger partial charge in [-0.1, -0.05) is 0 Å². The van der Waals surface area contributed by atoms with Gasteiger partial charge in [0.15, 0.2) is 0 Å². The zero-order valence-electron chi connectivity index (χ0n) is 11.7. The van der Waals surface area contributed by atoms with E-state index in [4.69, 9.17) is 0 Å². The predicted octanol–water partition coefficient (Wildman–Crippen LogP) is 2.08. The Morgan fingerprint density at radius 2 is 1.86 bits per heavy atom. The molecule has 0 spiro atoms. The van der Waals surface area contributed by atoms with E-state index < -0.39 is 29.4 Å². The Kier molecular flexibility index (Phi) is 3.39. The number of carbonyl (C=O) groups excluding carboxylic acids is 2. The third kappa shape index (κ3) is 2.39. The standard InChI is InChI=1S/C15H16F2N2O2/c1-8-4-5-19(8)9-6-11(16)14(12(17)7-9)10-2-3-13(20)18-15(10)21/h6-8,10H,2-5H2,1H3,(H,18,20,21)/t8-,10?/m1/s1. The second kappa shape index (κ2) is 5.09. The summed E-state index contributed by atoms with van der Waals surface area (Å²) in [6.45, 7) is 2.77. The van der Waals surface area contributed by atoms with Crippen molar-refractivity contribution in [2.75, 3.05) is 11.4 Å². The van der Waals surface area contributed by atoms with E-state index in [1.165, 1.54) is 12.1 Å². The molecule has 2 saturated heterocycles. The van der Waals surface area contributed by atoms with Crippen LogP contribution in [-0.4, -0.2) is 24.4 Å². The Bertz CT molecular complexity index is 595. The highest BCUT2D eigenvalue weighted by Gasteiger charge is 2.33. The van der Waals surface area contributed by atoms with Crippen LogP contribution in [0.25, 0.3) is 0 Å². The summed E-state index contributed by atoms with van der Waals surface area (Å²) >= 11 is 0. The first-order valence-corrected chi connectivity index (χ1v) is 7.06. The average molecular weight is 294 g/mol. The minimum absolute atomic E-state index is 0.0974. The Morgan fingerprint density at radius 3 is 2.33 bits per heavy atom. The maximum absolute atomic E-state index is 14.3. The molecule has 0 aromatic heterocycles. The summed E-state index contributed by atoms with van der Waals surface area (Å²) in [5.41, 5.74) is 0.261. The van der Waals surface area contributed by atoms with Crippen LogP contribution in [0.4, 0.5) is 14.5 Å². The highest BCUT2D eigenvalue weighted by Crippen LogP contribution is 2.34. The van der Waals surface area contributed by atoms with Crippen LogP contribution >= 0.6 is 0 Å². The number of hydrogen-bond donors (Lipinski definition) is 1. The summed E-state index contributed by atoms with van der Waals surface area (Å²) in [7, 11) is 0. The van der Waals surface area contributed by atoms with E-state index in [0.29, 0.717) is 5.69 Å². The van der Waals surface area contributed by atoms with Crippen LogP contribution in [0.2, 0.25) is 0 Å². The lowest BCUT2D eigenvalue weighted by molar-refractivity contribution is -0.134. The summed E-state index contributed by atoms with van der Waals surface area (Å²) in [5, 5.41) is 2.13. The van der Waals surface area contributed by atoms with Gasteiger partial charge in [-0.25, -0.2) is 8.78 Å². The molecule has 6 heteroatoms. The quantitative estimate of drug-likeness (QED) is 0.850. The molecule has 112 valence electrons. The lowest BCUT2D eigenvalue weighted by Crippen LogP contribution is -2.46. The molecule has 1 aromatic carbocycles. The largest absolute Gasteiger partial charge is 0.369 e. The zero-order chi connectivity index (χ0) is 15.1. The number of amides is 2. The number of rotatable bonds is 2. The van der Waals surface area contributed by atoms with E-state index in [2.05, 4.69) is 5.32 Å². The van der Waals surface area contributed by atoms with Crippen molar-refractivity contribution in [1.82, 2.24) is 5.32 Å². The van der Waals surface area contributed by atoms with Crippen molar-refractivity contribution in [2.45, 2.75) is 38.1 Å². The van der Waals surface area contributed by atoms with Crippen molar-refractivity contribution in [2.24, 2.45) is 0 Å². The minimum atomic E-state index is -0.939. The number of imide groups is 1. The third-order valence-electron chi connectivity index (χ3n) is 4.30. The Morgan fingerprint density at radius 1 is 1.19 bits per heavy atom. The number of halogens is 2. The molecule has 4 nitrogen and oxygen atoms in total. The van der Waals surface area contributed by atoms with E-state index in [-0.39, 0.29) is 24.4 Å². The number of nitrogens with one attached hydrogen (secondary N) is 1. The molecular formula is C15H16F2N2O2. The number of benzene rings is 1. The van der Waals surface area contributed by atoms with Gasteiger partial charge in [-0.3, -0.25) is 14.9 Å². The summed E-state index contributed by atoms with van der Waals surface area (Å²) in [6.07, 6.45) is 1.23. The van der Waals surface area contributed by atoms with Crippen LogP contribution in [0.5, 0.6) is 0 Å². The molecule has 2 heterocycles. The van der Waals surface area contributed by atoms with Crippen molar-refractivity contribution in [3.63, 3.8) is 0 Å². The SMILES string of the molecule is C[C@@H]1CCN1c1cc(F)c(C2CCC(=O)NC2=O)c(F)c1. The fourth-order valence-corrected chi connectivity index (χ4v) is 2.94. The van der Waals surface area contributed by atoms with Crippen molar-refractivity contribution < 1.29 is 18.4 Å². The second-order valence-corrected chi connectivity index (χ2v) is 5.66. The van der Waals surface area contributed by atoms with Gasteiger partial charge in [-0.2, -0.15) is 0 Å². The van der Waals surface area contributed by atoms with Gasteiger partial charge in [0.25, 0.3) is 0 Å². The zero-order valence-corrected chi connectivity index (χ0v) is 11.7.